The first-order chi connectivity index (χ1) is 10.7. The van der Waals surface area contributed by atoms with Crippen molar-refractivity contribution in [1.82, 2.24) is 0 Å². The fraction of sp³-hybridized carbons (Fsp3) is 0.222. The number of para-hydroxylation sites is 1. The van der Waals surface area contributed by atoms with E-state index in [0.717, 1.165) is 17.0 Å². The molecule has 0 saturated carbocycles. The van der Waals surface area contributed by atoms with E-state index in [1.165, 1.54) is 11.8 Å². The molecule has 2 atom stereocenters. The van der Waals surface area contributed by atoms with Gasteiger partial charge in [-0.05, 0) is 23.4 Å². The molecule has 1 amide bonds. The Balaban J connectivity index is 2.09. The zero-order valence-electron chi connectivity index (χ0n) is 12.3. The molecule has 22 heavy (non-hydrogen) atoms. The number of hydrogen-bond donors (Lipinski definition) is 0. The summed E-state index contributed by atoms with van der Waals surface area (Å²) in [6.45, 7) is 1.98. The molecule has 1 saturated heterocycles. The first-order valence-electron chi connectivity index (χ1n) is 7.23. The largest absolute Gasteiger partial charge is 0.300 e. The van der Waals surface area contributed by atoms with Crippen LogP contribution in [0.5, 0.6) is 0 Å². The number of amides is 1. The molecular weight excluding hydrogens is 292 g/mol. The number of rotatable bonds is 4. The summed E-state index contributed by atoms with van der Waals surface area (Å²) in [5.41, 5.74) is 1.83. The first-order valence-corrected chi connectivity index (χ1v) is 8.22. The predicted octanol–water partition coefficient (Wildman–Crippen LogP) is 3.79. The zero-order chi connectivity index (χ0) is 15.6. The molecule has 0 aliphatic carbocycles. The molecule has 2 aromatic carbocycles. The summed E-state index contributed by atoms with van der Waals surface area (Å²) in [6.07, 6.45) is 0. The van der Waals surface area contributed by atoms with Gasteiger partial charge < -0.3 is 0 Å². The molecule has 1 aliphatic heterocycles. The van der Waals surface area contributed by atoms with Gasteiger partial charge in [0.25, 0.3) is 5.91 Å². The smallest absolute Gasteiger partial charge is 0.260 e. The Morgan fingerprint density at radius 3 is 2.27 bits per heavy atom. The molecule has 3 rings (SSSR count). The van der Waals surface area contributed by atoms with Crippen LogP contribution in [-0.4, -0.2) is 16.4 Å². The van der Waals surface area contributed by atoms with E-state index < -0.39 is 4.75 Å². The van der Waals surface area contributed by atoms with E-state index in [1.54, 1.807) is 4.90 Å². The van der Waals surface area contributed by atoms with Gasteiger partial charge in [0.2, 0.25) is 4.75 Å². The average Bonchev–Trinajstić information content (AvgIpc) is 2.58. The van der Waals surface area contributed by atoms with Crippen LogP contribution in [0.4, 0.5) is 5.69 Å². The Labute approximate surface area is 134 Å². The van der Waals surface area contributed by atoms with E-state index in [9.17, 15) is 10.1 Å². The molecule has 0 N–H and O–H groups in total. The Hall–Kier alpha value is -2.25. The van der Waals surface area contributed by atoms with E-state index in [0.29, 0.717) is 0 Å². The van der Waals surface area contributed by atoms with Crippen molar-refractivity contribution in [3.05, 3.63) is 66.2 Å². The number of carbonyl (C=O) groups is 1. The monoisotopic (exact) mass is 308 g/mol. The number of carbonyl (C=O) groups excluding carboxylic acids is 1. The van der Waals surface area contributed by atoms with Crippen LogP contribution in [0, 0.1) is 11.3 Å². The summed E-state index contributed by atoms with van der Waals surface area (Å²) < 4.78 is -1.02. The van der Waals surface area contributed by atoms with Crippen LogP contribution in [-0.2, 0) is 4.79 Å². The topological polar surface area (TPSA) is 44.1 Å². The van der Waals surface area contributed by atoms with Gasteiger partial charge in [-0.2, -0.15) is 5.26 Å². The number of hydrogen-bond acceptors (Lipinski definition) is 3. The number of anilines is 1. The van der Waals surface area contributed by atoms with Gasteiger partial charge >= 0.3 is 0 Å². The van der Waals surface area contributed by atoms with E-state index in [1.807, 2.05) is 67.6 Å². The fourth-order valence-corrected chi connectivity index (χ4v) is 4.05. The number of nitrogens with zero attached hydrogens (tertiary/aromatic N) is 2. The lowest BCUT2D eigenvalue weighted by Crippen LogP contribution is -2.66. The molecule has 3 nitrogen and oxygen atoms in total. The van der Waals surface area contributed by atoms with Crippen molar-refractivity contribution in [3.63, 3.8) is 0 Å². The van der Waals surface area contributed by atoms with Gasteiger partial charge in [-0.15, -0.1) is 11.8 Å². The summed E-state index contributed by atoms with van der Waals surface area (Å²) in [5, 5.41) is 9.72. The second-order valence-electron chi connectivity index (χ2n) is 5.10. The molecule has 0 radical (unpaired) electrons. The molecule has 1 aliphatic rings. The van der Waals surface area contributed by atoms with E-state index in [4.69, 9.17) is 0 Å². The van der Waals surface area contributed by atoms with Crippen LogP contribution in [0.2, 0.25) is 0 Å². The third-order valence-corrected chi connectivity index (χ3v) is 5.10. The highest BCUT2D eigenvalue weighted by atomic mass is 32.2. The van der Waals surface area contributed by atoms with Crippen LogP contribution in [0.1, 0.15) is 18.5 Å². The average molecular weight is 308 g/mol. The number of benzene rings is 2. The van der Waals surface area contributed by atoms with Gasteiger partial charge in [0.05, 0.1) is 12.1 Å². The minimum absolute atomic E-state index is 0.123. The first kappa shape index (κ1) is 14.7. The van der Waals surface area contributed by atoms with Crippen LogP contribution < -0.4 is 4.90 Å². The highest BCUT2D eigenvalue weighted by molar-refractivity contribution is 8.01. The summed E-state index contributed by atoms with van der Waals surface area (Å²) in [5.74, 6) is 0.604. The maximum atomic E-state index is 12.8. The molecule has 0 bridgehead atoms. The lowest BCUT2D eigenvalue weighted by molar-refractivity contribution is -0.125. The second kappa shape index (κ2) is 5.86. The number of thioether (sulfide) groups is 1. The molecule has 1 heterocycles. The quantitative estimate of drug-likeness (QED) is 0.807. The number of β-lactam (4-membered cyclic amide) rings is 1. The van der Waals surface area contributed by atoms with Gasteiger partial charge in [-0.25, -0.2) is 0 Å². The SMILES string of the molecule is CCSC1(C#N)C(=O)N(c2ccccc2)C1c1ccccc1. The summed E-state index contributed by atoms with van der Waals surface area (Å²) in [7, 11) is 0. The molecular formula is C18H16N2OS. The van der Waals surface area contributed by atoms with Crippen molar-refractivity contribution in [2.45, 2.75) is 17.7 Å². The molecule has 2 unspecified atom stereocenters. The molecule has 1 fully saturated rings. The lowest BCUT2D eigenvalue weighted by Gasteiger charge is -2.51. The minimum atomic E-state index is -1.02. The van der Waals surface area contributed by atoms with Crippen LogP contribution in [0.3, 0.4) is 0 Å². The van der Waals surface area contributed by atoms with Gasteiger partial charge in [-0.3, -0.25) is 9.69 Å². The Kier molecular flexibility index (Phi) is 3.91. The van der Waals surface area contributed by atoms with Gasteiger partial charge in [0.15, 0.2) is 0 Å². The molecule has 0 spiro atoms. The third kappa shape index (κ3) is 2.10. The maximum absolute atomic E-state index is 12.8. The van der Waals surface area contributed by atoms with Crippen molar-refractivity contribution in [1.29, 1.82) is 5.26 Å². The molecule has 2 aromatic rings. The standard InChI is InChI=1S/C18H16N2OS/c1-2-22-18(13-19)16(14-9-5-3-6-10-14)20(17(18)21)15-11-7-4-8-12-15/h3-12,16H,2H2,1H3. The normalized spacial score (nSPS) is 23.7. The Morgan fingerprint density at radius 1 is 1.14 bits per heavy atom. The summed E-state index contributed by atoms with van der Waals surface area (Å²) in [6, 6.07) is 21.4. The van der Waals surface area contributed by atoms with Crippen molar-refractivity contribution in [2.75, 3.05) is 10.7 Å². The van der Waals surface area contributed by atoms with E-state index >= 15 is 0 Å². The molecule has 0 aromatic heterocycles. The van der Waals surface area contributed by atoms with Gasteiger partial charge in [0.1, 0.15) is 0 Å². The second-order valence-corrected chi connectivity index (χ2v) is 6.61. The highest BCUT2D eigenvalue weighted by Crippen LogP contribution is 2.53. The number of nitriles is 1. The Bertz CT molecular complexity index is 711. The van der Waals surface area contributed by atoms with Crippen molar-refractivity contribution in [3.8, 4) is 6.07 Å². The van der Waals surface area contributed by atoms with Gasteiger partial charge in [-0.1, -0.05) is 55.5 Å². The van der Waals surface area contributed by atoms with Crippen molar-refractivity contribution < 1.29 is 4.79 Å². The van der Waals surface area contributed by atoms with Crippen LogP contribution in [0.15, 0.2) is 60.7 Å². The van der Waals surface area contributed by atoms with Gasteiger partial charge in [0, 0.05) is 5.69 Å². The summed E-state index contributed by atoms with van der Waals surface area (Å²) in [4.78, 5) is 14.5. The summed E-state index contributed by atoms with van der Waals surface area (Å²) >= 11 is 1.42. The van der Waals surface area contributed by atoms with Crippen molar-refractivity contribution in [2.24, 2.45) is 0 Å². The van der Waals surface area contributed by atoms with Crippen LogP contribution >= 0.6 is 11.8 Å². The maximum Gasteiger partial charge on any atom is 0.260 e. The third-order valence-electron chi connectivity index (χ3n) is 3.87. The van der Waals surface area contributed by atoms with Crippen molar-refractivity contribution >= 4 is 23.4 Å². The predicted molar refractivity (Wildman–Crippen MR) is 89.6 cm³/mol. The lowest BCUT2D eigenvalue weighted by atomic mass is 9.81. The molecule has 110 valence electrons. The van der Waals surface area contributed by atoms with E-state index in [2.05, 4.69) is 6.07 Å². The van der Waals surface area contributed by atoms with Crippen LogP contribution in [0.25, 0.3) is 0 Å². The highest BCUT2D eigenvalue weighted by Gasteiger charge is 2.62. The molecule has 4 heteroatoms. The minimum Gasteiger partial charge on any atom is -0.300 e. The zero-order valence-corrected chi connectivity index (χ0v) is 13.1. The Morgan fingerprint density at radius 2 is 1.73 bits per heavy atom. The fourth-order valence-electron chi connectivity index (χ4n) is 2.91. The van der Waals surface area contributed by atoms with E-state index in [-0.39, 0.29) is 11.9 Å².